The summed E-state index contributed by atoms with van der Waals surface area (Å²) in [5.74, 6) is -0.262. The van der Waals surface area contributed by atoms with E-state index in [0.29, 0.717) is 30.5 Å². The molecular weight excluding hydrogens is 394 g/mol. The summed E-state index contributed by atoms with van der Waals surface area (Å²) >= 11 is 0. The molecule has 2 amide bonds. The van der Waals surface area contributed by atoms with Gasteiger partial charge in [0.2, 0.25) is 5.91 Å². The van der Waals surface area contributed by atoms with Crippen molar-refractivity contribution in [2.24, 2.45) is 0 Å². The Morgan fingerprint density at radius 1 is 1.03 bits per heavy atom. The van der Waals surface area contributed by atoms with Crippen LogP contribution in [-0.2, 0) is 14.8 Å². The van der Waals surface area contributed by atoms with Crippen molar-refractivity contribution >= 4 is 27.5 Å². The predicted octanol–water partition coefficient (Wildman–Crippen LogP) is 1.19. The fraction of sp³-hybridized carbons (Fsp3) is 0.300. The number of anilines is 1. The third-order valence-electron chi connectivity index (χ3n) is 5.24. The van der Waals surface area contributed by atoms with E-state index in [2.05, 4.69) is 4.90 Å². The van der Waals surface area contributed by atoms with Crippen LogP contribution in [0.2, 0.25) is 0 Å². The number of carbonyl (C=O) groups excluding carboxylic acids is 2. The lowest BCUT2D eigenvalue weighted by Crippen LogP contribution is -2.51. The first-order valence-electron chi connectivity index (χ1n) is 9.24. The largest absolute Gasteiger partial charge is 0.497 e. The zero-order chi connectivity index (χ0) is 20.6. The molecule has 0 N–H and O–H groups in total. The number of piperazine rings is 1. The lowest BCUT2D eigenvalue weighted by Gasteiger charge is -2.36. The van der Waals surface area contributed by atoms with E-state index >= 15 is 0 Å². The predicted molar refractivity (Wildman–Crippen MR) is 106 cm³/mol. The number of sulfonamides is 1. The van der Waals surface area contributed by atoms with Gasteiger partial charge in [0.05, 0.1) is 12.7 Å². The topological polar surface area (TPSA) is 87.2 Å². The van der Waals surface area contributed by atoms with Crippen LogP contribution in [0.5, 0.6) is 5.75 Å². The van der Waals surface area contributed by atoms with Gasteiger partial charge in [-0.2, -0.15) is 0 Å². The van der Waals surface area contributed by atoms with Gasteiger partial charge < -0.3 is 14.5 Å². The Labute approximate surface area is 169 Å². The summed E-state index contributed by atoms with van der Waals surface area (Å²) in [7, 11) is -2.37. The number of hydrogen-bond donors (Lipinski definition) is 0. The molecular formula is C20H21N3O5S. The van der Waals surface area contributed by atoms with Crippen molar-refractivity contribution < 1.29 is 22.7 Å². The minimum atomic E-state index is -3.98. The Morgan fingerprint density at radius 2 is 1.76 bits per heavy atom. The van der Waals surface area contributed by atoms with E-state index in [1.807, 2.05) is 24.3 Å². The second-order valence-electron chi connectivity index (χ2n) is 6.88. The van der Waals surface area contributed by atoms with Gasteiger partial charge in [-0.05, 0) is 24.3 Å². The second kappa shape index (κ2) is 7.40. The van der Waals surface area contributed by atoms with Crippen molar-refractivity contribution in [3.8, 4) is 5.75 Å². The summed E-state index contributed by atoms with van der Waals surface area (Å²) in [6.07, 6.45) is 0. The average molecular weight is 415 g/mol. The number of ether oxygens (including phenoxy) is 1. The zero-order valence-corrected chi connectivity index (χ0v) is 16.8. The van der Waals surface area contributed by atoms with Gasteiger partial charge in [0.1, 0.15) is 17.2 Å². The van der Waals surface area contributed by atoms with Crippen LogP contribution < -0.4 is 9.64 Å². The van der Waals surface area contributed by atoms with Gasteiger partial charge in [-0.3, -0.25) is 9.59 Å². The van der Waals surface area contributed by atoms with E-state index in [1.54, 1.807) is 24.1 Å². The van der Waals surface area contributed by atoms with Crippen LogP contribution in [0.25, 0.3) is 0 Å². The van der Waals surface area contributed by atoms with Crippen molar-refractivity contribution in [2.45, 2.75) is 4.90 Å². The number of benzene rings is 2. The standard InChI is InChI=1S/C20H21N3O5S/c1-28-16-6-4-5-15(13-16)21-9-11-22(12-10-21)19(24)14-23-20(25)17-7-2-3-8-18(17)29(23,26)27/h2-8,13H,9-12,14H2,1H3. The molecule has 2 aromatic carbocycles. The van der Waals surface area contributed by atoms with E-state index in [1.165, 1.54) is 12.1 Å². The van der Waals surface area contributed by atoms with Crippen molar-refractivity contribution in [2.75, 3.05) is 44.7 Å². The van der Waals surface area contributed by atoms with E-state index in [0.717, 1.165) is 11.4 Å². The van der Waals surface area contributed by atoms with Crippen LogP contribution in [0, 0.1) is 0 Å². The number of rotatable bonds is 4. The van der Waals surface area contributed by atoms with Crippen LogP contribution in [0.1, 0.15) is 10.4 Å². The number of fused-ring (bicyclic) bond motifs is 1. The summed E-state index contributed by atoms with van der Waals surface area (Å²) in [6, 6.07) is 13.7. The third-order valence-corrected chi connectivity index (χ3v) is 7.03. The molecule has 29 heavy (non-hydrogen) atoms. The Morgan fingerprint density at radius 3 is 2.45 bits per heavy atom. The Hall–Kier alpha value is -3.07. The Balaban J connectivity index is 1.41. The van der Waals surface area contributed by atoms with E-state index in [4.69, 9.17) is 4.74 Å². The van der Waals surface area contributed by atoms with Crippen LogP contribution in [0.4, 0.5) is 5.69 Å². The van der Waals surface area contributed by atoms with Gasteiger partial charge in [-0.25, -0.2) is 12.7 Å². The SMILES string of the molecule is COc1cccc(N2CCN(C(=O)CN3C(=O)c4ccccc4S3(=O)=O)CC2)c1. The summed E-state index contributed by atoms with van der Waals surface area (Å²) < 4.78 is 31.2. The Bertz CT molecular complexity index is 1060. The van der Waals surface area contributed by atoms with E-state index in [-0.39, 0.29) is 16.4 Å². The molecule has 8 nitrogen and oxygen atoms in total. The summed E-state index contributed by atoms with van der Waals surface area (Å²) in [4.78, 5) is 28.9. The molecule has 0 aromatic heterocycles. The molecule has 0 spiro atoms. The smallest absolute Gasteiger partial charge is 0.269 e. The van der Waals surface area contributed by atoms with Gasteiger partial charge in [-0.15, -0.1) is 0 Å². The van der Waals surface area contributed by atoms with Gasteiger partial charge in [0, 0.05) is 37.9 Å². The van der Waals surface area contributed by atoms with E-state index < -0.39 is 22.5 Å². The lowest BCUT2D eigenvalue weighted by atomic mass is 10.2. The minimum Gasteiger partial charge on any atom is -0.497 e. The highest BCUT2D eigenvalue weighted by atomic mass is 32.2. The molecule has 4 rings (SSSR count). The van der Waals surface area contributed by atoms with Crippen molar-refractivity contribution in [3.63, 3.8) is 0 Å². The molecule has 0 unspecified atom stereocenters. The normalized spacial score (nSPS) is 18.0. The molecule has 2 aliphatic rings. The summed E-state index contributed by atoms with van der Waals surface area (Å²) in [6.45, 7) is 1.64. The van der Waals surface area contributed by atoms with Crippen molar-refractivity contribution in [1.82, 2.24) is 9.21 Å². The highest BCUT2D eigenvalue weighted by Gasteiger charge is 2.42. The molecule has 1 saturated heterocycles. The highest BCUT2D eigenvalue weighted by molar-refractivity contribution is 7.90. The van der Waals surface area contributed by atoms with Gasteiger partial charge in [0.25, 0.3) is 15.9 Å². The maximum Gasteiger partial charge on any atom is 0.269 e. The first kappa shape index (κ1) is 19.3. The van der Waals surface area contributed by atoms with Crippen LogP contribution >= 0.6 is 0 Å². The minimum absolute atomic E-state index is 0.0411. The van der Waals surface area contributed by atoms with Gasteiger partial charge in [0.15, 0.2) is 0 Å². The van der Waals surface area contributed by atoms with Crippen LogP contribution in [0.3, 0.4) is 0 Å². The van der Waals surface area contributed by atoms with Gasteiger partial charge >= 0.3 is 0 Å². The van der Waals surface area contributed by atoms with Crippen molar-refractivity contribution in [1.29, 1.82) is 0 Å². The molecule has 2 heterocycles. The number of hydrogen-bond acceptors (Lipinski definition) is 6. The summed E-state index contributed by atoms with van der Waals surface area (Å²) in [5, 5.41) is 0. The molecule has 0 radical (unpaired) electrons. The van der Waals surface area contributed by atoms with E-state index in [9.17, 15) is 18.0 Å². The van der Waals surface area contributed by atoms with Crippen LogP contribution in [0.15, 0.2) is 53.4 Å². The lowest BCUT2D eigenvalue weighted by molar-refractivity contribution is -0.131. The zero-order valence-electron chi connectivity index (χ0n) is 15.9. The first-order chi connectivity index (χ1) is 13.9. The van der Waals surface area contributed by atoms with Crippen LogP contribution in [-0.4, -0.2) is 69.3 Å². The monoisotopic (exact) mass is 415 g/mol. The Kier molecular flexibility index (Phi) is 4.91. The molecule has 0 atom stereocenters. The maximum absolute atomic E-state index is 12.7. The molecule has 0 aliphatic carbocycles. The molecule has 152 valence electrons. The molecule has 0 bridgehead atoms. The fourth-order valence-electron chi connectivity index (χ4n) is 3.63. The molecule has 2 aliphatic heterocycles. The maximum atomic E-state index is 12.7. The third kappa shape index (κ3) is 3.42. The quantitative estimate of drug-likeness (QED) is 0.746. The second-order valence-corrected chi connectivity index (χ2v) is 8.71. The number of methoxy groups -OCH3 is 1. The number of carbonyl (C=O) groups is 2. The van der Waals surface area contributed by atoms with Crippen molar-refractivity contribution in [3.05, 3.63) is 54.1 Å². The molecule has 1 fully saturated rings. The summed E-state index contributed by atoms with van der Waals surface area (Å²) in [5.41, 5.74) is 1.12. The number of amides is 2. The first-order valence-corrected chi connectivity index (χ1v) is 10.7. The van der Waals surface area contributed by atoms with Gasteiger partial charge in [-0.1, -0.05) is 18.2 Å². The fourth-order valence-corrected chi connectivity index (χ4v) is 5.15. The number of nitrogens with zero attached hydrogens (tertiary/aromatic N) is 3. The highest BCUT2D eigenvalue weighted by Crippen LogP contribution is 2.30. The molecule has 0 saturated carbocycles. The average Bonchev–Trinajstić information content (AvgIpc) is 2.95. The molecule has 2 aromatic rings. The molecule has 9 heteroatoms.